The van der Waals surface area contributed by atoms with Crippen LogP contribution in [0, 0.1) is 5.82 Å². The van der Waals surface area contributed by atoms with Gasteiger partial charge < -0.3 is 5.73 Å². The molecule has 1 saturated heterocycles. The van der Waals surface area contributed by atoms with Crippen LogP contribution in [0.3, 0.4) is 0 Å². The minimum Gasteiger partial charge on any atom is -0.398 e. The Morgan fingerprint density at radius 2 is 2.25 bits per heavy atom. The van der Waals surface area contributed by atoms with E-state index in [1.807, 2.05) is 6.92 Å². The second-order valence-electron chi connectivity index (χ2n) is 4.57. The maximum atomic E-state index is 14.0. The molecule has 1 aliphatic heterocycles. The number of rotatable bonds is 3. The number of sulfonamides is 1. The Morgan fingerprint density at radius 3 is 2.90 bits per heavy atom. The zero-order chi connectivity index (χ0) is 14.9. The van der Waals surface area contributed by atoms with Crippen molar-refractivity contribution in [3.05, 3.63) is 22.4 Å². The van der Waals surface area contributed by atoms with Crippen LogP contribution in [-0.4, -0.2) is 36.8 Å². The second-order valence-corrected chi connectivity index (χ2v) is 8.74. The number of nitrogens with zero attached hydrogens (tertiary/aromatic N) is 1. The Kier molecular flexibility index (Phi) is 4.99. The first-order valence-electron chi connectivity index (χ1n) is 6.22. The monoisotopic (exact) mass is 382 g/mol. The molecule has 1 aromatic carbocycles. The van der Waals surface area contributed by atoms with Gasteiger partial charge in [0.05, 0.1) is 0 Å². The highest BCUT2D eigenvalue weighted by molar-refractivity contribution is 9.10. The molecule has 0 aliphatic carbocycles. The van der Waals surface area contributed by atoms with Gasteiger partial charge in [-0.2, -0.15) is 16.1 Å². The smallest absolute Gasteiger partial charge is 0.246 e. The first kappa shape index (κ1) is 16.1. The first-order valence-corrected chi connectivity index (χ1v) is 9.50. The lowest BCUT2D eigenvalue weighted by atomic mass is 10.3. The molecule has 0 radical (unpaired) electrons. The Labute approximate surface area is 131 Å². The third kappa shape index (κ3) is 3.13. The van der Waals surface area contributed by atoms with Gasteiger partial charge in [-0.15, -0.1) is 0 Å². The summed E-state index contributed by atoms with van der Waals surface area (Å²) in [6, 6.07) is 2.27. The number of benzene rings is 1. The molecule has 1 aromatic rings. The topological polar surface area (TPSA) is 63.4 Å². The molecule has 2 N–H and O–H groups in total. The van der Waals surface area contributed by atoms with Gasteiger partial charge >= 0.3 is 0 Å². The lowest BCUT2D eigenvalue weighted by molar-refractivity contribution is 0.412. The third-order valence-corrected chi connectivity index (χ3v) is 7.16. The molecule has 0 saturated carbocycles. The molecule has 112 valence electrons. The zero-order valence-corrected chi connectivity index (χ0v) is 14.2. The van der Waals surface area contributed by atoms with Crippen LogP contribution in [0.25, 0.3) is 0 Å². The van der Waals surface area contributed by atoms with Gasteiger partial charge in [-0.3, -0.25) is 0 Å². The molecule has 20 heavy (non-hydrogen) atoms. The standard InChI is InChI=1S/C12H16BrFN2O2S2/c1-2-8-7-16(3-4-19-8)20(17,18)12-6-11(15)9(13)5-10(12)14/h5-6,8H,2-4,7,15H2,1H3. The van der Waals surface area contributed by atoms with Crippen molar-refractivity contribution in [2.75, 3.05) is 24.6 Å². The highest BCUT2D eigenvalue weighted by Gasteiger charge is 2.32. The molecular formula is C12H16BrFN2O2S2. The van der Waals surface area contributed by atoms with Crippen molar-refractivity contribution < 1.29 is 12.8 Å². The van der Waals surface area contributed by atoms with E-state index in [0.29, 0.717) is 17.6 Å². The van der Waals surface area contributed by atoms with Gasteiger partial charge in [-0.1, -0.05) is 6.92 Å². The molecule has 1 aliphatic rings. The van der Waals surface area contributed by atoms with E-state index in [2.05, 4.69) is 15.9 Å². The van der Waals surface area contributed by atoms with Crippen LogP contribution in [0.2, 0.25) is 0 Å². The Hall–Kier alpha value is -0.310. The SMILES string of the molecule is CCC1CN(S(=O)(=O)c2cc(N)c(Br)cc2F)CCS1. The molecule has 8 heteroatoms. The van der Waals surface area contributed by atoms with E-state index in [9.17, 15) is 12.8 Å². The molecule has 0 bridgehead atoms. The van der Waals surface area contributed by atoms with Gasteiger partial charge in [0.15, 0.2) is 0 Å². The molecule has 0 aromatic heterocycles. The number of halogens is 2. The summed E-state index contributed by atoms with van der Waals surface area (Å²) in [7, 11) is -3.83. The summed E-state index contributed by atoms with van der Waals surface area (Å²) in [5.41, 5.74) is 5.88. The van der Waals surface area contributed by atoms with Crippen LogP contribution in [0.1, 0.15) is 13.3 Å². The number of thioether (sulfide) groups is 1. The Morgan fingerprint density at radius 1 is 1.55 bits per heavy atom. The largest absolute Gasteiger partial charge is 0.398 e. The fourth-order valence-corrected chi connectivity index (χ4v) is 5.31. The molecule has 0 spiro atoms. The second kappa shape index (κ2) is 6.21. The van der Waals surface area contributed by atoms with Gasteiger partial charge in [0, 0.05) is 34.3 Å². The Balaban J connectivity index is 2.37. The molecule has 0 amide bonds. The molecule has 1 fully saturated rings. The van der Waals surface area contributed by atoms with Crippen molar-refractivity contribution >= 4 is 43.4 Å². The van der Waals surface area contributed by atoms with Crippen molar-refractivity contribution in [1.82, 2.24) is 4.31 Å². The number of hydrogen-bond acceptors (Lipinski definition) is 4. The van der Waals surface area contributed by atoms with Crippen molar-refractivity contribution in [3.63, 3.8) is 0 Å². The Bertz CT molecular complexity index is 610. The lowest BCUT2D eigenvalue weighted by Gasteiger charge is -2.31. The van der Waals surface area contributed by atoms with E-state index in [4.69, 9.17) is 5.73 Å². The van der Waals surface area contributed by atoms with Crippen LogP contribution in [0.5, 0.6) is 0 Å². The number of nitrogens with two attached hydrogens (primary N) is 1. The summed E-state index contributed by atoms with van der Waals surface area (Å²) in [6.45, 7) is 2.84. The van der Waals surface area contributed by atoms with Crippen LogP contribution in [0.4, 0.5) is 10.1 Å². The average molecular weight is 383 g/mol. The van der Waals surface area contributed by atoms with E-state index in [-0.39, 0.29) is 15.8 Å². The average Bonchev–Trinajstić information content (AvgIpc) is 2.42. The fourth-order valence-electron chi connectivity index (χ4n) is 2.04. The molecule has 2 rings (SSSR count). The van der Waals surface area contributed by atoms with Gasteiger partial charge in [0.2, 0.25) is 10.0 Å². The summed E-state index contributed by atoms with van der Waals surface area (Å²) in [5.74, 6) is -0.0527. The molecular weight excluding hydrogens is 367 g/mol. The van der Waals surface area contributed by atoms with Crippen molar-refractivity contribution in [2.45, 2.75) is 23.5 Å². The van der Waals surface area contributed by atoms with E-state index in [0.717, 1.165) is 18.2 Å². The highest BCUT2D eigenvalue weighted by atomic mass is 79.9. The molecule has 1 heterocycles. The van der Waals surface area contributed by atoms with Gasteiger partial charge in [0.1, 0.15) is 10.7 Å². The normalized spacial score (nSPS) is 21.1. The molecule has 4 nitrogen and oxygen atoms in total. The number of nitrogen functional groups attached to an aromatic ring is 1. The maximum absolute atomic E-state index is 14.0. The van der Waals surface area contributed by atoms with Gasteiger partial charge in [-0.05, 0) is 34.5 Å². The van der Waals surface area contributed by atoms with Gasteiger partial charge in [0.25, 0.3) is 0 Å². The zero-order valence-electron chi connectivity index (χ0n) is 11.0. The van der Waals surface area contributed by atoms with E-state index >= 15 is 0 Å². The summed E-state index contributed by atoms with van der Waals surface area (Å²) >= 11 is 4.84. The van der Waals surface area contributed by atoms with Crippen LogP contribution >= 0.6 is 27.7 Å². The van der Waals surface area contributed by atoms with Gasteiger partial charge in [-0.25, -0.2) is 12.8 Å². The van der Waals surface area contributed by atoms with Crippen LogP contribution < -0.4 is 5.73 Å². The highest BCUT2D eigenvalue weighted by Crippen LogP contribution is 2.30. The first-order chi connectivity index (χ1) is 9.36. The third-order valence-electron chi connectivity index (χ3n) is 3.23. The van der Waals surface area contributed by atoms with Crippen molar-refractivity contribution in [1.29, 1.82) is 0 Å². The van der Waals surface area contributed by atoms with E-state index < -0.39 is 15.8 Å². The van der Waals surface area contributed by atoms with E-state index in [1.165, 1.54) is 10.4 Å². The summed E-state index contributed by atoms with van der Waals surface area (Å²) in [4.78, 5) is -0.347. The predicted octanol–water partition coefficient (Wildman–Crippen LogP) is 2.69. The van der Waals surface area contributed by atoms with Crippen molar-refractivity contribution in [2.24, 2.45) is 0 Å². The minimum atomic E-state index is -3.83. The van der Waals surface area contributed by atoms with Crippen LogP contribution in [0.15, 0.2) is 21.5 Å². The summed E-state index contributed by atoms with van der Waals surface area (Å²) < 4.78 is 40.7. The number of anilines is 1. The van der Waals surface area contributed by atoms with Crippen molar-refractivity contribution in [3.8, 4) is 0 Å². The maximum Gasteiger partial charge on any atom is 0.246 e. The quantitative estimate of drug-likeness (QED) is 0.816. The number of hydrogen-bond donors (Lipinski definition) is 1. The molecule has 1 unspecified atom stereocenters. The summed E-state index contributed by atoms with van der Waals surface area (Å²) in [5, 5.41) is 0.259. The predicted molar refractivity (Wildman–Crippen MR) is 83.8 cm³/mol. The summed E-state index contributed by atoms with van der Waals surface area (Å²) in [6.07, 6.45) is 0.891. The molecule has 1 atom stereocenters. The van der Waals surface area contributed by atoms with E-state index in [1.54, 1.807) is 11.8 Å². The lowest BCUT2D eigenvalue weighted by Crippen LogP contribution is -2.42. The fraction of sp³-hybridized carbons (Fsp3) is 0.500. The van der Waals surface area contributed by atoms with Crippen LogP contribution in [-0.2, 0) is 10.0 Å². The minimum absolute atomic E-state index is 0.211.